The highest BCUT2D eigenvalue weighted by Crippen LogP contribution is 2.39. The molecule has 4 rings (SSSR count). The topological polar surface area (TPSA) is 47.9 Å². The number of hydrogen-bond acceptors (Lipinski definition) is 4. The second kappa shape index (κ2) is 11.7. The standard InChI is InChI=1S/C33H34O4/c1-33(2,3)30-19-27(20-31(35-4)32(30)34)16-15-26-17-28(36-22-24-11-7-5-8-12-24)21-29(18-26)37-23-25-13-9-6-10-14-25/h5-21,34H,22-23H2,1-4H3/b16-15+. The van der Waals surface area contributed by atoms with Gasteiger partial charge in [0.2, 0.25) is 0 Å². The van der Waals surface area contributed by atoms with Crippen LogP contribution < -0.4 is 14.2 Å². The molecule has 4 aromatic carbocycles. The molecule has 0 amide bonds. The van der Waals surface area contributed by atoms with Gasteiger partial charge in [-0.15, -0.1) is 0 Å². The Morgan fingerprint density at radius 2 is 1.16 bits per heavy atom. The van der Waals surface area contributed by atoms with Crippen molar-refractivity contribution in [3.8, 4) is 23.0 Å². The third-order valence-corrected chi connectivity index (χ3v) is 5.99. The minimum absolute atomic E-state index is 0.181. The Morgan fingerprint density at radius 1 is 0.676 bits per heavy atom. The normalized spacial score (nSPS) is 11.5. The minimum Gasteiger partial charge on any atom is -0.504 e. The Kier molecular flexibility index (Phi) is 8.19. The smallest absolute Gasteiger partial charge is 0.161 e. The Labute approximate surface area is 219 Å². The maximum atomic E-state index is 10.6. The summed E-state index contributed by atoms with van der Waals surface area (Å²) in [6.07, 6.45) is 4.03. The average molecular weight is 495 g/mol. The van der Waals surface area contributed by atoms with Crippen molar-refractivity contribution in [1.82, 2.24) is 0 Å². The molecule has 0 aliphatic rings. The van der Waals surface area contributed by atoms with Crippen LogP contribution in [0.2, 0.25) is 0 Å². The zero-order valence-corrected chi connectivity index (χ0v) is 21.9. The molecule has 0 unspecified atom stereocenters. The van der Waals surface area contributed by atoms with Crippen LogP contribution in [0.15, 0.2) is 91.0 Å². The highest BCUT2D eigenvalue weighted by Gasteiger charge is 2.21. The predicted molar refractivity (Wildman–Crippen MR) is 150 cm³/mol. The van der Waals surface area contributed by atoms with E-state index in [-0.39, 0.29) is 11.2 Å². The molecule has 0 aliphatic heterocycles. The van der Waals surface area contributed by atoms with E-state index in [4.69, 9.17) is 14.2 Å². The van der Waals surface area contributed by atoms with Crippen molar-refractivity contribution in [2.24, 2.45) is 0 Å². The fourth-order valence-corrected chi connectivity index (χ4v) is 3.98. The van der Waals surface area contributed by atoms with Gasteiger partial charge in [0.25, 0.3) is 0 Å². The summed E-state index contributed by atoms with van der Waals surface area (Å²) in [6, 6.07) is 29.9. The second-order valence-electron chi connectivity index (χ2n) is 9.99. The van der Waals surface area contributed by atoms with Gasteiger partial charge >= 0.3 is 0 Å². The molecule has 0 spiro atoms. The lowest BCUT2D eigenvalue weighted by molar-refractivity contribution is 0.290. The number of aromatic hydroxyl groups is 1. The van der Waals surface area contributed by atoms with Crippen molar-refractivity contribution in [2.75, 3.05) is 7.11 Å². The first-order chi connectivity index (χ1) is 17.8. The predicted octanol–water partition coefficient (Wildman–Crippen LogP) is 8.03. The number of benzene rings is 4. The number of methoxy groups -OCH3 is 1. The lowest BCUT2D eigenvalue weighted by Crippen LogP contribution is -2.12. The maximum absolute atomic E-state index is 10.6. The molecule has 0 atom stereocenters. The molecule has 4 nitrogen and oxygen atoms in total. The minimum atomic E-state index is -0.231. The van der Waals surface area contributed by atoms with Gasteiger partial charge in [0.05, 0.1) is 7.11 Å². The maximum Gasteiger partial charge on any atom is 0.161 e. The van der Waals surface area contributed by atoms with E-state index in [9.17, 15) is 5.11 Å². The lowest BCUT2D eigenvalue weighted by atomic mass is 9.85. The van der Waals surface area contributed by atoms with Crippen LogP contribution in [0.25, 0.3) is 12.2 Å². The van der Waals surface area contributed by atoms with Crippen molar-refractivity contribution in [2.45, 2.75) is 39.4 Å². The summed E-state index contributed by atoms with van der Waals surface area (Å²) in [6.45, 7) is 7.14. The molecule has 0 saturated heterocycles. The Bertz CT molecular complexity index is 1270. The van der Waals surface area contributed by atoms with Gasteiger partial charge in [-0.05, 0) is 51.9 Å². The molecule has 4 aromatic rings. The molecule has 4 heteroatoms. The van der Waals surface area contributed by atoms with Crippen LogP contribution in [0.3, 0.4) is 0 Å². The van der Waals surface area contributed by atoms with E-state index in [1.807, 2.05) is 103 Å². The zero-order valence-electron chi connectivity index (χ0n) is 21.9. The highest BCUT2D eigenvalue weighted by atomic mass is 16.5. The van der Waals surface area contributed by atoms with Crippen molar-refractivity contribution in [1.29, 1.82) is 0 Å². The molecule has 0 heterocycles. The van der Waals surface area contributed by atoms with Crippen LogP contribution in [0.4, 0.5) is 0 Å². The number of hydrogen-bond donors (Lipinski definition) is 1. The van der Waals surface area contributed by atoms with E-state index in [0.29, 0.717) is 19.0 Å². The van der Waals surface area contributed by atoms with Gasteiger partial charge in [-0.2, -0.15) is 0 Å². The summed E-state index contributed by atoms with van der Waals surface area (Å²) >= 11 is 0. The average Bonchev–Trinajstić information content (AvgIpc) is 2.90. The highest BCUT2D eigenvalue weighted by molar-refractivity contribution is 5.73. The van der Waals surface area contributed by atoms with Gasteiger partial charge < -0.3 is 19.3 Å². The fourth-order valence-electron chi connectivity index (χ4n) is 3.98. The lowest BCUT2D eigenvalue weighted by Gasteiger charge is -2.22. The fraction of sp³-hybridized carbons (Fsp3) is 0.212. The number of phenols is 1. The molecule has 0 bridgehead atoms. The van der Waals surface area contributed by atoms with Gasteiger partial charge in [0.15, 0.2) is 11.5 Å². The van der Waals surface area contributed by atoms with Gasteiger partial charge in [-0.25, -0.2) is 0 Å². The molecule has 0 saturated carbocycles. The van der Waals surface area contributed by atoms with Crippen LogP contribution in [-0.4, -0.2) is 12.2 Å². The molecular weight excluding hydrogens is 460 g/mol. The third kappa shape index (κ3) is 7.17. The molecule has 0 aromatic heterocycles. The first kappa shape index (κ1) is 25.9. The quantitative estimate of drug-likeness (QED) is 0.239. The van der Waals surface area contributed by atoms with Crippen molar-refractivity contribution in [3.05, 3.63) is 119 Å². The van der Waals surface area contributed by atoms with Crippen LogP contribution in [0, 0.1) is 0 Å². The summed E-state index contributed by atoms with van der Waals surface area (Å²) in [5, 5.41) is 10.6. The van der Waals surface area contributed by atoms with E-state index in [2.05, 4.69) is 20.8 Å². The van der Waals surface area contributed by atoms with E-state index in [1.54, 1.807) is 7.11 Å². The first-order valence-corrected chi connectivity index (χ1v) is 12.4. The first-order valence-electron chi connectivity index (χ1n) is 12.4. The number of ether oxygens (including phenoxy) is 3. The van der Waals surface area contributed by atoms with Gasteiger partial charge in [0.1, 0.15) is 24.7 Å². The molecule has 37 heavy (non-hydrogen) atoms. The molecule has 1 N–H and O–H groups in total. The molecule has 190 valence electrons. The summed E-state index contributed by atoms with van der Waals surface area (Å²) in [4.78, 5) is 0. The van der Waals surface area contributed by atoms with Gasteiger partial charge in [-0.3, -0.25) is 0 Å². The summed E-state index contributed by atoms with van der Waals surface area (Å²) in [7, 11) is 1.57. The monoisotopic (exact) mass is 494 g/mol. The number of phenolic OH excluding ortho intramolecular Hbond substituents is 1. The van der Waals surface area contributed by atoms with E-state index in [0.717, 1.165) is 39.3 Å². The Balaban J connectivity index is 1.62. The Hall–Kier alpha value is -4.18. The Morgan fingerprint density at radius 3 is 1.62 bits per heavy atom. The molecule has 0 radical (unpaired) electrons. The van der Waals surface area contributed by atoms with Crippen LogP contribution in [0.5, 0.6) is 23.0 Å². The number of rotatable bonds is 9. The van der Waals surface area contributed by atoms with Crippen molar-refractivity contribution < 1.29 is 19.3 Å². The van der Waals surface area contributed by atoms with E-state index in [1.165, 1.54) is 0 Å². The zero-order chi connectivity index (χ0) is 26.3. The van der Waals surface area contributed by atoms with E-state index >= 15 is 0 Å². The van der Waals surface area contributed by atoms with E-state index < -0.39 is 0 Å². The van der Waals surface area contributed by atoms with Crippen LogP contribution in [-0.2, 0) is 18.6 Å². The second-order valence-corrected chi connectivity index (χ2v) is 9.99. The largest absolute Gasteiger partial charge is 0.504 e. The molecular formula is C33H34O4. The van der Waals surface area contributed by atoms with Crippen LogP contribution >= 0.6 is 0 Å². The van der Waals surface area contributed by atoms with Gasteiger partial charge in [0, 0.05) is 11.6 Å². The SMILES string of the molecule is COc1cc(/C=C/c2cc(OCc3ccccc3)cc(OCc3ccccc3)c2)cc(C(C)(C)C)c1O. The van der Waals surface area contributed by atoms with Crippen molar-refractivity contribution >= 4 is 12.2 Å². The van der Waals surface area contributed by atoms with Gasteiger partial charge in [-0.1, -0.05) is 93.6 Å². The van der Waals surface area contributed by atoms with Crippen LogP contribution in [0.1, 0.15) is 48.6 Å². The third-order valence-electron chi connectivity index (χ3n) is 5.99. The van der Waals surface area contributed by atoms with Crippen molar-refractivity contribution in [3.63, 3.8) is 0 Å². The molecule has 0 aliphatic carbocycles. The summed E-state index contributed by atoms with van der Waals surface area (Å²) in [5.74, 6) is 2.10. The molecule has 0 fully saturated rings. The summed E-state index contributed by atoms with van der Waals surface area (Å²) < 4.78 is 17.7. The summed E-state index contributed by atoms with van der Waals surface area (Å²) in [5.41, 5.74) is 4.67.